The molecule has 0 spiro atoms. The molecule has 116 valence electrons. The van der Waals surface area contributed by atoms with E-state index in [0.29, 0.717) is 11.4 Å². The number of carbonyl (C=O) groups is 1. The molecular formula is C16H15F3N2O. The third-order valence-electron chi connectivity index (χ3n) is 2.93. The van der Waals surface area contributed by atoms with Gasteiger partial charge in [-0.1, -0.05) is 24.3 Å². The van der Waals surface area contributed by atoms with Crippen LogP contribution >= 0.6 is 0 Å². The highest BCUT2D eigenvalue weighted by Gasteiger charge is 2.30. The number of nitrogens with one attached hydrogen (secondary N) is 2. The van der Waals surface area contributed by atoms with Crippen molar-refractivity contribution in [2.24, 2.45) is 0 Å². The van der Waals surface area contributed by atoms with Gasteiger partial charge >= 0.3 is 6.18 Å². The minimum absolute atomic E-state index is 0.158. The van der Waals surface area contributed by atoms with E-state index in [1.165, 1.54) is 12.1 Å². The van der Waals surface area contributed by atoms with Crippen molar-refractivity contribution < 1.29 is 18.0 Å². The van der Waals surface area contributed by atoms with Crippen molar-refractivity contribution in [3.05, 3.63) is 60.2 Å². The summed E-state index contributed by atoms with van der Waals surface area (Å²) in [4.78, 5) is 11.7. The van der Waals surface area contributed by atoms with E-state index in [4.69, 9.17) is 0 Å². The number of alkyl halides is 3. The fraction of sp³-hybridized carbons (Fsp3) is 0.188. The van der Waals surface area contributed by atoms with Crippen molar-refractivity contribution in [3.63, 3.8) is 0 Å². The molecule has 0 atom stereocenters. The van der Waals surface area contributed by atoms with Crippen LogP contribution in [-0.2, 0) is 11.0 Å². The standard InChI is InChI=1S/C16H15F3N2O/c17-16(18,19)12-5-4-8-14(11-12)20-10-9-15(22)21-13-6-2-1-3-7-13/h1-8,11,20H,9-10H2,(H,21,22). The molecule has 0 heterocycles. The maximum absolute atomic E-state index is 12.6. The van der Waals surface area contributed by atoms with Gasteiger partial charge in [0, 0.05) is 24.3 Å². The third-order valence-corrected chi connectivity index (χ3v) is 2.93. The second-order valence-corrected chi connectivity index (χ2v) is 4.67. The van der Waals surface area contributed by atoms with Gasteiger partial charge in [0.1, 0.15) is 0 Å². The highest BCUT2D eigenvalue weighted by molar-refractivity contribution is 5.90. The Kier molecular flexibility index (Phi) is 5.04. The van der Waals surface area contributed by atoms with Crippen molar-refractivity contribution in [2.75, 3.05) is 17.2 Å². The fourth-order valence-corrected chi connectivity index (χ4v) is 1.87. The SMILES string of the molecule is O=C(CCNc1cccc(C(F)(F)F)c1)Nc1ccccc1. The molecule has 0 aliphatic heterocycles. The number of rotatable bonds is 5. The summed E-state index contributed by atoms with van der Waals surface area (Å²) in [5.74, 6) is -0.203. The first-order chi connectivity index (χ1) is 10.4. The number of halogens is 3. The van der Waals surface area contributed by atoms with Crippen LogP contribution in [0.15, 0.2) is 54.6 Å². The Morgan fingerprint density at radius 3 is 2.32 bits per heavy atom. The lowest BCUT2D eigenvalue weighted by Gasteiger charge is -2.10. The zero-order valence-electron chi connectivity index (χ0n) is 11.7. The van der Waals surface area contributed by atoms with Gasteiger partial charge in [-0.2, -0.15) is 13.2 Å². The van der Waals surface area contributed by atoms with Crippen LogP contribution in [0.4, 0.5) is 24.5 Å². The van der Waals surface area contributed by atoms with E-state index in [-0.39, 0.29) is 18.9 Å². The number of hydrogen-bond acceptors (Lipinski definition) is 2. The first-order valence-corrected chi connectivity index (χ1v) is 6.71. The molecule has 3 nitrogen and oxygen atoms in total. The summed E-state index contributed by atoms with van der Waals surface area (Å²) in [6.45, 7) is 0.250. The Labute approximate surface area is 126 Å². The Balaban J connectivity index is 1.82. The van der Waals surface area contributed by atoms with Gasteiger partial charge < -0.3 is 10.6 Å². The Morgan fingerprint density at radius 2 is 1.64 bits per heavy atom. The van der Waals surface area contributed by atoms with Crippen LogP contribution in [-0.4, -0.2) is 12.5 Å². The van der Waals surface area contributed by atoms with Crippen LogP contribution in [0.2, 0.25) is 0 Å². The van der Waals surface area contributed by atoms with Crippen molar-refractivity contribution >= 4 is 17.3 Å². The summed E-state index contributed by atoms with van der Waals surface area (Å²) >= 11 is 0. The molecule has 0 saturated carbocycles. The van der Waals surface area contributed by atoms with E-state index in [1.54, 1.807) is 24.3 Å². The molecule has 22 heavy (non-hydrogen) atoms. The molecular weight excluding hydrogens is 293 g/mol. The maximum atomic E-state index is 12.6. The molecule has 0 bridgehead atoms. The van der Waals surface area contributed by atoms with Crippen LogP contribution in [0.3, 0.4) is 0 Å². The predicted molar refractivity (Wildman–Crippen MR) is 79.6 cm³/mol. The van der Waals surface area contributed by atoms with E-state index >= 15 is 0 Å². The summed E-state index contributed by atoms with van der Waals surface area (Å²) < 4.78 is 37.7. The van der Waals surface area contributed by atoms with Gasteiger partial charge in [0.25, 0.3) is 0 Å². The largest absolute Gasteiger partial charge is 0.416 e. The number of carbonyl (C=O) groups excluding carboxylic acids is 1. The molecule has 2 aromatic carbocycles. The zero-order chi connectivity index (χ0) is 16.0. The topological polar surface area (TPSA) is 41.1 Å². The minimum Gasteiger partial charge on any atom is -0.385 e. The molecule has 1 amide bonds. The van der Waals surface area contributed by atoms with E-state index < -0.39 is 11.7 Å². The minimum atomic E-state index is -4.37. The number of amides is 1. The average Bonchev–Trinajstić information content (AvgIpc) is 2.48. The molecule has 0 unspecified atom stereocenters. The van der Waals surface area contributed by atoms with Crippen molar-refractivity contribution in [2.45, 2.75) is 12.6 Å². The van der Waals surface area contributed by atoms with E-state index in [1.807, 2.05) is 6.07 Å². The molecule has 2 rings (SSSR count). The molecule has 2 aromatic rings. The molecule has 0 aliphatic rings. The van der Waals surface area contributed by atoms with Gasteiger partial charge in [0.05, 0.1) is 5.56 Å². The van der Waals surface area contributed by atoms with Crippen molar-refractivity contribution in [1.29, 1.82) is 0 Å². The maximum Gasteiger partial charge on any atom is 0.416 e. The van der Waals surface area contributed by atoms with Crippen molar-refractivity contribution in [3.8, 4) is 0 Å². The molecule has 2 N–H and O–H groups in total. The van der Waals surface area contributed by atoms with Crippen LogP contribution in [0.25, 0.3) is 0 Å². The van der Waals surface area contributed by atoms with Crippen molar-refractivity contribution in [1.82, 2.24) is 0 Å². The lowest BCUT2D eigenvalue weighted by atomic mass is 10.2. The van der Waals surface area contributed by atoms with E-state index in [2.05, 4.69) is 10.6 Å². The smallest absolute Gasteiger partial charge is 0.385 e. The normalized spacial score (nSPS) is 11.0. The highest BCUT2D eigenvalue weighted by atomic mass is 19.4. The van der Waals surface area contributed by atoms with Gasteiger partial charge in [-0.15, -0.1) is 0 Å². The predicted octanol–water partition coefficient (Wildman–Crippen LogP) is 4.15. The molecule has 0 saturated heterocycles. The first-order valence-electron chi connectivity index (χ1n) is 6.71. The van der Waals surface area contributed by atoms with E-state index in [9.17, 15) is 18.0 Å². The highest BCUT2D eigenvalue weighted by Crippen LogP contribution is 2.30. The summed E-state index contributed by atoms with van der Waals surface area (Å²) in [6.07, 6.45) is -4.21. The van der Waals surface area contributed by atoms with Crippen LogP contribution in [0.1, 0.15) is 12.0 Å². The number of anilines is 2. The second kappa shape index (κ2) is 6.98. The van der Waals surface area contributed by atoms with Gasteiger partial charge in [-0.3, -0.25) is 4.79 Å². The number of para-hydroxylation sites is 1. The summed E-state index contributed by atoms with van der Waals surface area (Å²) in [7, 11) is 0. The molecule has 0 aromatic heterocycles. The third kappa shape index (κ3) is 4.80. The quantitative estimate of drug-likeness (QED) is 0.871. The first kappa shape index (κ1) is 15.9. The van der Waals surface area contributed by atoms with Crippen LogP contribution < -0.4 is 10.6 Å². The fourth-order valence-electron chi connectivity index (χ4n) is 1.87. The molecule has 0 fully saturated rings. The summed E-state index contributed by atoms with van der Waals surface area (Å²) in [5.41, 5.74) is 0.306. The number of hydrogen-bond donors (Lipinski definition) is 2. The molecule has 6 heteroatoms. The van der Waals surface area contributed by atoms with Gasteiger partial charge in [-0.05, 0) is 30.3 Å². The van der Waals surface area contributed by atoms with Gasteiger partial charge in [0.2, 0.25) is 5.91 Å². The average molecular weight is 308 g/mol. The number of benzene rings is 2. The second-order valence-electron chi connectivity index (χ2n) is 4.67. The zero-order valence-corrected chi connectivity index (χ0v) is 11.7. The molecule has 0 aliphatic carbocycles. The van der Waals surface area contributed by atoms with Gasteiger partial charge in [-0.25, -0.2) is 0 Å². The lowest BCUT2D eigenvalue weighted by molar-refractivity contribution is -0.137. The Morgan fingerprint density at radius 1 is 0.955 bits per heavy atom. The molecule has 0 radical (unpaired) electrons. The monoisotopic (exact) mass is 308 g/mol. The van der Waals surface area contributed by atoms with Crippen LogP contribution in [0.5, 0.6) is 0 Å². The summed E-state index contributed by atoms with van der Waals surface area (Å²) in [6, 6.07) is 13.9. The van der Waals surface area contributed by atoms with E-state index in [0.717, 1.165) is 12.1 Å². The summed E-state index contributed by atoms with van der Waals surface area (Å²) in [5, 5.41) is 5.52. The Hall–Kier alpha value is -2.50. The lowest BCUT2D eigenvalue weighted by Crippen LogP contribution is -2.16. The Bertz CT molecular complexity index is 627. The van der Waals surface area contributed by atoms with Crippen LogP contribution in [0, 0.1) is 0 Å². The van der Waals surface area contributed by atoms with Gasteiger partial charge in [0.15, 0.2) is 0 Å².